The lowest BCUT2D eigenvalue weighted by atomic mass is 10.0. The molecule has 2 aliphatic heterocycles. The fraction of sp³-hybridized carbons (Fsp3) is 0.281. The number of benzene rings is 3. The molecular formula is C32H33N2O9S3+. The lowest BCUT2D eigenvalue weighted by molar-refractivity contribution is -0.668. The summed E-state index contributed by atoms with van der Waals surface area (Å²) in [6.45, 7) is 2.75. The molecule has 2 aliphatic rings. The summed E-state index contributed by atoms with van der Waals surface area (Å²) in [6.07, 6.45) is 4.92. The Hall–Kier alpha value is -3.95. The van der Waals surface area contributed by atoms with Crippen molar-refractivity contribution in [1.29, 1.82) is 0 Å². The highest BCUT2D eigenvalue weighted by atomic mass is 32.2. The van der Waals surface area contributed by atoms with Crippen LogP contribution in [0.25, 0.3) is 27.4 Å². The maximum Gasteiger partial charge on any atom is 0.265 e. The number of ether oxygens (including phenoxy) is 3. The summed E-state index contributed by atoms with van der Waals surface area (Å²) in [7, 11) is -8.26. The molecule has 0 amide bonds. The van der Waals surface area contributed by atoms with Crippen molar-refractivity contribution in [2.75, 3.05) is 29.7 Å². The number of hydrogen-bond acceptors (Lipinski definition) is 9. The van der Waals surface area contributed by atoms with Crippen LogP contribution in [0.2, 0.25) is 0 Å². The lowest BCUT2D eigenvalue weighted by Crippen LogP contribution is -2.36. The van der Waals surface area contributed by atoms with E-state index in [-0.39, 0.29) is 37.7 Å². The number of nitrogens with zero attached hydrogens (tertiary/aromatic N) is 2. The predicted octanol–water partition coefficient (Wildman–Crippen LogP) is 5.67. The van der Waals surface area contributed by atoms with E-state index in [1.165, 1.54) is 11.3 Å². The number of thiazole rings is 1. The number of anilines is 1. The van der Waals surface area contributed by atoms with Crippen molar-refractivity contribution in [2.45, 2.75) is 32.7 Å². The van der Waals surface area contributed by atoms with Gasteiger partial charge in [0.15, 0.2) is 28.5 Å². The molecule has 3 aromatic carbocycles. The van der Waals surface area contributed by atoms with Gasteiger partial charge in [0.1, 0.15) is 0 Å². The van der Waals surface area contributed by atoms with Crippen molar-refractivity contribution in [2.24, 2.45) is 0 Å². The molecule has 46 heavy (non-hydrogen) atoms. The molecule has 0 bridgehead atoms. The second-order valence-electron chi connectivity index (χ2n) is 10.9. The van der Waals surface area contributed by atoms with Crippen LogP contribution in [0.4, 0.5) is 5.69 Å². The fourth-order valence-electron chi connectivity index (χ4n) is 5.49. The molecule has 14 heteroatoms. The van der Waals surface area contributed by atoms with Crippen LogP contribution in [-0.4, -0.2) is 50.8 Å². The minimum atomic E-state index is -4.14. The van der Waals surface area contributed by atoms with Crippen molar-refractivity contribution < 1.29 is 44.7 Å². The third-order valence-corrected chi connectivity index (χ3v) is 10.4. The number of aryl methyl sites for hydroxylation is 1. The molecule has 2 N–H and O–H groups in total. The van der Waals surface area contributed by atoms with Crippen LogP contribution in [0.3, 0.4) is 0 Å². The van der Waals surface area contributed by atoms with E-state index in [1.807, 2.05) is 89.2 Å². The molecule has 242 valence electrons. The van der Waals surface area contributed by atoms with Crippen LogP contribution < -0.4 is 23.7 Å². The molecule has 0 saturated heterocycles. The van der Waals surface area contributed by atoms with Crippen LogP contribution in [0, 0.1) is 0 Å². The molecule has 0 saturated carbocycles. The Morgan fingerprint density at radius 3 is 2.41 bits per heavy atom. The largest absolute Gasteiger partial charge is 0.454 e. The molecule has 0 spiro atoms. The van der Waals surface area contributed by atoms with Crippen LogP contribution in [0.15, 0.2) is 78.2 Å². The van der Waals surface area contributed by atoms with Crippen LogP contribution in [-0.2, 0) is 26.8 Å². The standard InChI is InChI=1S/C32H32N2O9S3/c1-2-22(19-30-34(15-7-17-46(38,39)40)25-11-13-28-31(32(25)44-30)42-21-41-28)18-29-33(14-6-16-45(35,36)37)26-20-24(10-12-27(26)43-29)23-8-4-3-5-9-23/h3-5,8-13,18-20H,2,6-7,14-17,21H2,1H3,(H-,35,36,37,38,39,40)/p+1. The maximum atomic E-state index is 11.5. The molecule has 11 nitrogen and oxygen atoms in total. The zero-order valence-corrected chi connectivity index (χ0v) is 27.4. The Morgan fingerprint density at radius 2 is 1.67 bits per heavy atom. The van der Waals surface area contributed by atoms with Gasteiger partial charge >= 0.3 is 0 Å². The molecule has 0 fully saturated rings. The van der Waals surface area contributed by atoms with Gasteiger partial charge in [0.05, 0.1) is 17.2 Å². The van der Waals surface area contributed by atoms with Crippen LogP contribution in [0.1, 0.15) is 31.2 Å². The van der Waals surface area contributed by atoms with Gasteiger partial charge in [-0.05, 0) is 47.7 Å². The zero-order valence-electron chi connectivity index (χ0n) is 25.0. The highest BCUT2D eigenvalue weighted by Gasteiger charge is 2.29. The van der Waals surface area contributed by atoms with Crippen molar-refractivity contribution in [1.82, 2.24) is 0 Å². The van der Waals surface area contributed by atoms with E-state index < -0.39 is 20.2 Å². The molecular weight excluding hydrogens is 653 g/mol. The van der Waals surface area contributed by atoms with E-state index in [9.17, 15) is 25.9 Å². The fourth-order valence-corrected chi connectivity index (χ4v) is 7.73. The summed E-state index contributed by atoms with van der Waals surface area (Å²) >= 11 is 1.48. The monoisotopic (exact) mass is 685 g/mol. The van der Waals surface area contributed by atoms with Gasteiger partial charge in [0.25, 0.3) is 25.2 Å². The Kier molecular flexibility index (Phi) is 9.08. The lowest BCUT2D eigenvalue weighted by Gasteiger charge is -2.19. The van der Waals surface area contributed by atoms with Crippen LogP contribution >= 0.6 is 11.3 Å². The first kappa shape index (κ1) is 32.0. The summed E-state index contributed by atoms with van der Waals surface area (Å²) in [4.78, 5) is 1.92. The normalized spacial score (nSPS) is 15.5. The second kappa shape index (κ2) is 13.0. The van der Waals surface area contributed by atoms with Gasteiger partial charge in [-0.1, -0.05) is 54.7 Å². The number of allylic oxidation sites excluding steroid dienone is 2. The highest BCUT2D eigenvalue weighted by Crippen LogP contribution is 2.43. The smallest absolute Gasteiger partial charge is 0.265 e. The first-order valence-corrected chi connectivity index (χ1v) is 18.7. The van der Waals surface area contributed by atoms with Gasteiger partial charge in [0.2, 0.25) is 18.2 Å². The van der Waals surface area contributed by atoms with E-state index >= 15 is 0 Å². The second-order valence-corrected chi connectivity index (χ2v) is 15.1. The average molecular weight is 686 g/mol. The van der Waals surface area contributed by atoms with Gasteiger partial charge < -0.3 is 19.1 Å². The average Bonchev–Trinajstić information content (AvgIpc) is 3.71. The summed E-state index contributed by atoms with van der Waals surface area (Å²) in [5, 5.41) is 0.836. The summed E-state index contributed by atoms with van der Waals surface area (Å²) in [5.41, 5.74) is 4.54. The Labute approximate surface area is 271 Å². The maximum absolute atomic E-state index is 11.5. The van der Waals surface area contributed by atoms with E-state index in [1.54, 1.807) is 0 Å². The first-order valence-electron chi connectivity index (χ1n) is 14.7. The third kappa shape index (κ3) is 7.21. The van der Waals surface area contributed by atoms with Gasteiger partial charge in [-0.15, -0.1) is 0 Å². The van der Waals surface area contributed by atoms with E-state index in [0.717, 1.165) is 37.6 Å². The van der Waals surface area contributed by atoms with Crippen molar-refractivity contribution in [3.63, 3.8) is 0 Å². The quantitative estimate of drug-likeness (QED) is 0.141. The predicted molar refractivity (Wildman–Crippen MR) is 176 cm³/mol. The number of rotatable bonds is 12. The number of hydrogen-bond donors (Lipinski definition) is 2. The molecule has 0 radical (unpaired) electrons. The number of aromatic nitrogens is 1. The molecule has 6 rings (SSSR count). The Bertz CT molecular complexity index is 2060. The summed E-state index contributed by atoms with van der Waals surface area (Å²) in [5.74, 6) is 1.66. The van der Waals surface area contributed by atoms with Gasteiger partial charge in [0, 0.05) is 31.2 Å². The minimum Gasteiger partial charge on any atom is -0.454 e. The Morgan fingerprint density at radius 1 is 0.935 bits per heavy atom. The van der Waals surface area contributed by atoms with Gasteiger partial charge in [-0.3, -0.25) is 9.11 Å². The van der Waals surface area contributed by atoms with Gasteiger partial charge in [-0.25, -0.2) is 0 Å². The molecule has 0 unspecified atom stereocenters. The van der Waals surface area contributed by atoms with E-state index in [0.29, 0.717) is 36.1 Å². The van der Waals surface area contributed by atoms with Crippen molar-refractivity contribution >= 4 is 53.6 Å². The number of fused-ring (bicyclic) bond motifs is 4. The molecule has 0 atom stereocenters. The topological polar surface area (TPSA) is 144 Å². The van der Waals surface area contributed by atoms with Gasteiger partial charge in [-0.2, -0.15) is 21.4 Å². The zero-order chi connectivity index (χ0) is 32.5. The van der Waals surface area contributed by atoms with Crippen molar-refractivity contribution in [3.8, 4) is 28.4 Å². The van der Waals surface area contributed by atoms with E-state index in [2.05, 4.69) is 0 Å². The first-order chi connectivity index (χ1) is 22.0. The SMILES string of the molecule is CCC(=Cc1sc2c3c(ccc2[n+]1CCCS(=O)(=O)O)OCO3)C=C1Oc2ccc(-c3ccccc3)cc2N1CCCS(=O)(=O)O. The van der Waals surface area contributed by atoms with E-state index in [4.69, 9.17) is 14.2 Å². The highest BCUT2D eigenvalue weighted by molar-refractivity contribution is 7.86. The molecule has 1 aromatic heterocycles. The van der Waals surface area contributed by atoms with Crippen LogP contribution in [0.5, 0.6) is 17.2 Å². The molecule has 4 aromatic rings. The molecule has 0 aliphatic carbocycles. The summed E-state index contributed by atoms with van der Waals surface area (Å²) < 4.78 is 85.2. The summed E-state index contributed by atoms with van der Waals surface area (Å²) in [6, 6.07) is 19.5. The minimum absolute atomic E-state index is 0.115. The van der Waals surface area contributed by atoms with Crippen molar-refractivity contribution in [3.05, 3.63) is 83.2 Å². The molecule has 3 heterocycles. The Balaban J connectivity index is 1.38. The third-order valence-electron chi connectivity index (χ3n) is 7.67.